The highest BCUT2D eigenvalue weighted by molar-refractivity contribution is 8.00. The van der Waals surface area contributed by atoms with Gasteiger partial charge in [-0.3, -0.25) is 9.59 Å². The molecule has 0 aliphatic rings. The molecule has 1 unspecified atom stereocenters. The van der Waals surface area contributed by atoms with Crippen molar-refractivity contribution in [2.75, 3.05) is 5.32 Å². The molecule has 4 aromatic rings. The molecule has 2 heterocycles. The van der Waals surface area contributed by atoms with E-state index in [4.69, 9.17) is 0 Å². The summed E-state index contributed by atoms with van der Waals surface area (Å²) in [4.78, 5) is 30.8. The first-order chi connectivity index (χ1) is 14.5. The number of carbonyl (C=O) groups is 1. The quantitative estimate of drug-likeness (QED) is 0.321. The van der Waals surface area contributed by atoms with E-state index in [9.17, 15) is 14.7 Å². The number of hydrogen-bond donors (Lipinski definition) is 3. The minimum absolute atomic E-state index is 0.188. The Morgan fingerprint density at radius 2 is 1.93 bits per heavy atom. The van der Waals surface area contributed by atoms with Crippen molar-refractivity contribution < 1.29 is 9.90 Å². The predicted molar refractivity (Wildman–Crippen MR) is 120 cm³/mol. The molecule has 3 N–H and O–H groups in total. The second kappa shape index (κ2) is 8.23. The van der Waals surface area contributed by atoms with Gasteiger partial charge in [0, 0.05) is 34.0 Å². The van der Waals surface area contributed by atoms with E-state index in [-0.39, 0.29) is 16.9 Å². The number of anilines is 1. The third kappa shape index (κ3) is 3.78. The van der Waals surface area contributed by atoms with Gasteiger partial charge < -0.3 is 20.0 Å². The molecule has 2 aromatic heterocycles. The highest BCUT2D eigenvalue weighted by atomic mass is 32.2. The van der Waals surface area contributed by atoms with E-state index in [1.165, 1.54) is 5.52 Å². The number of fused-ring (bicyclic) bond motifs is 3. The Morgan fingerprint density at radius 3 is 2.67 bits per heavy atom. The summed E-state index contributed by atoms with van der Waals surface area (Å²) in [5.74, 6) is -0.554. The summed E-state index contributed by atoms with van der Waals surface area (Å²) in [5.41, 5.74) is 2.54. The molecule has 7 nitrogen and oxygen atoms in total. The lowest BCUT2D eigenvalue weighted by Gasteiger charge is -2.14. The molecule has 0 bridgehead atoms. The van der Waals surface area contributed by atoms with Gasteiger partial charge in [0.2, 0.25) is 11.8 Å². The monoisotopic (exact) mass is 422 g/mol. The van der Waals surface area contributed by atoms with E-state index in [1.807, 2.05) is 37.3 Å². The first-order valence-electron chi connectivity index (χ1n) is 9.79. The summed E-state index contributed by atoms with van der Waals surface area (Å²) in [6, 6.07) is 15.1. The number of aromatic amines is 1. The molecule has 0 aliphatic heterocycles. The highest BCUT2D eigenvalue weighted by Gasteiger charge is 2.20. The number of H-pyrrole nitrogens is 1. The minimum Gasteiger partial charge on any atom is -0.493 e. The molecule has 1 amide bonds. The van der Waals surface area contributed by atoms with Crippen LogP contribution < -0.4 is 10.9 Å². The van der Waals surface area contributed by atoms with Crippen molar-refractivity contribution in [1.82, 2.24) is 14.5 Å². The number of aromatic nitrogens is 3. The van der Waals surface area contributed by atoms with Crippen LogP contribution in [0.2, 0.25) is 0 Å². The Balaban J connectivity index is 1.61. The van der Waals surface area contributed by atoms with Crippen LogP contribution in [-0.2, 0) is 11.3 Å². The maximum atomic E-state index is 12.9. The van der Waals surface area contributed by atoms with Crippen LogP contribution in [0.5, 0.6) is 5.88 Å². The van der Waals surface area contributed by atoms with Gasteiger partial charge in [0.25, 0.3) is 5.56 Å². The summed E-state index contributed by atoms with van der Waals surface area (Å²) in [7, 11) is 0. The van der Waals surface area contributed by atoms with Crippen molar-refractivity contribution in [1.29, 1.82) is 0 Å². The van der Waals surface area contributed by atoms with E-state index in [1.54, 1.807) is 0 Å². The fourth-order valence-electron chi connectivity index (χ4n) is 3.63. The molecule has 2 aromatic carbocycles. The van der Waals surface area contributed by atoms with Crippen LogP contribution in [-0.4, -0.2) is 30.8 Å². The summed E-state index contributed by atoms with van der Waals surface area (Å²) in [5, 5.41) is 14.5. The van der Waals surface area contributed by atoms with Crippen molar-refractivity contribution >= 4 is 45.2 Å². The maximum Gasteiger partial charge on any atom is 0.255 e. The minimum atomic E-state index is -0.470. The third-order valence-electron chi connectivity index (χ3n) is 4.98. The average Bonchev–Trinajstić information content (AvgIpc) is 3.04. The number of rotatable bonds is 6. The number of para-hydroxylation sites is 1. The molecule has 0 spiro atoms. The van der Waals surface area contributed by atoms with Crippen LogP contribution in [0.4, 0.5) is 5.69 Å². The van der Waals surface area contributed by atoms with Crippen molar-refractivity contribution in [2.24, 2.45) is 0 Å². The van der Waals surface area contributed by atoms with Gasteiger partial charge in [-0.25, -0.2) is 0 Å². The second-order valence-electron chi connectivity index (χ2n) is 6.91. The Kier molecular flexibility index (Phi) is 5.50. The van der Waals surface area contributed by atoms with Gasteiger partial charge in [0.05, 0.1) is 11.3 Å². The third-order valence-corrected chi connectivity index (χ3v) is 6.23. The Labute approximate surface area is 177 Å². The number of carbonyl (C=O) groups excluding carboxylic acids is 1. The zero-order chi connectivity index (χ0) is 21.3. The fraction of sp³-hybridized carbons (Fsp3) is 0.227. The zero-order valence-corrected chi connectivity index (χ0v) is 17.5. The largest absolute Gasteiger partial charge is 0.493 e. The number of nitrogens with zero attached hydrogens (tertiary/aromatic N) is 2. The second-order valence-corrected chi connectivity index (χ2v) is 8.10. The standard InChI is InChI=1S/C22H22N4O3S/c1-3-18(30-22-24-19(27)12-20(28)25-22)21(29)23-13-9-10-17-15(11-13)14-7-5-6-8-16(14)26(17)4-2/h5-12,18H,3-4H2,1-2H3,(H,23,29)(H2,24,25,27,28). The van der Waals surface area contributed by atoms with E-state index in [0.717, 1.165) is 40.7 Å². The van der Waals surface area contributed by atoms with Gasteiger partial charge in [0.1, 0.15) is 0 Å². The van der Waals surface area contributed by atoms with E-state index >= 15 is 0 Å². The SMILES string of the molecule is CCC(Sc1nc(O)cc(=O)[nH]1)C(=O)Nc1ccc2c(c1)c1ccccc1n2CC. The Morgan fingerprint density at radius 1 is 1.17 bits per heavy atom. The molecule has 0 fully saturated rings. The van der Waals surface area contributed by atoms with Crippen LogP contribution in [0, 0.1) is 0 Å². The molecule has 8 heteroatoms. The number of hydrogen-bond acceptors (Lipinski definition) is 5. The average molecular weight is 423 g/mol. The lowest BCUT2D eigenvalue weighted by atomic mass is 10.1. The van der Waals surface area contributed by atoms with Crippen molar-refractivity contribution in [2.45, 2.75) is 37.2 Å². The van der Waals surface area contributed by atoms with E-state index < -0.39 is 10.8 Å². The van der Waals surface area contributed by atoms with Gasteiger partial charge in [-0.1, -0.05) is 36.9 Å². The molecular weight excluding hydrogens is 400 g/mol. The number of aromatic hydroxyl groups is 1. The summed E-state index contributed by atoms with van der Waals surface area (Å²) >= 11 is 1.12. The van der Waals surface area contributed by atoms with E-state index in [0.29, 0.717) is 12.1 Å². The number of nitrogens with one attached hydrogen (secondary N) is 2. The normalized spacial score (nSPS) is 12.3. The van der Waals surface area contributed by atoms with Crippen molar-refractivity contribution in [3.8, 4) is 5.88 Å². The summed E-state index contributed by atoms with van der Waals surface area (Å²) in [6.45, 7) is 4.86. The molecule has 30 heavy (non-hydrogen) atoms. The lowest BCUT2D eigenvalue weighted by molar-refractivity contribution is -0.115. The van der Waals surface area contributed by atoms with Crippen molar-refractivity contribution in [3.05, 3.63) is 58.9 Å². The Bertz CT molecular complexity index is 1290. The smallest absolute Gasteiger partial charge is 0.255 e. The molecular formula is C22H22N4O3S. The van der Waals surface area contributed by atoms with Crippen LogP contribution in [0.15, 0.2) is 58.5 Å². The number of amides is 1. The van der Waals surface area contributed by atoms with Crippen LogP contribution >= 0.6 is 11.8 Å². The predicted octanol–water partition coefficient (Wildman–Crippen LogP) is 4.11. The summed E-state index contributed by atoms with van der Waals surface area (Å²) < 4.78 is 2.25. The molecule has 0 saturated carbocycles. The molecule has 0 saturated heterocycles. The molecule has 0 aliphatic carbocycles. The molecule has 154 valence electrons. The lowest BCUT2D eigenvalue weighted by Crippen LogP contribution is -2.25. The first-order valence-corrected chi connectivity index (χ1v) is 10.7. The van der Waals surface area contributed by atoms with Crippen LogP contribution in [0.3, 0.4) is 0 Å². The Hall–Kier alpha value is -3.26. The van der Waals surface area contributed by atoms with Gasteiger partial charge >= 0.3 is 0 Å². The number of benzene rings is 2. The van der Waals surface area contributed by atoms with Gasteiger partial charge in [0.15, 0.2) is 5.16 Å². The van der Waals surface area contributed by atoms with Gasteiger partial charge in [-0.05, 0) is 37.6 Å². The fourth-order valence-corrected chi connectivity index (χ4v) is 4.54. The van der Waals surface area contributed by atoms with Gasteiger partial charge in [-0.15, -0.1) is 0 Å². The van der Waals surface area contributed by atoms with Crippen LogP contribution in [0.25, 0.3) is 21.8 Å². The molecule has 0 radical (unpaired) electrons. The number of thioether (sulfide) groups is 1. The van der Waals surface area contributed by atoms with E-state index in [2.05, 4.69) is 38.9 Å². The van der Waals surface area contributed by atoms with Crippen LogP contribution in [0.1, 0.15) is 20.3 Å². The maximum absolute atomic E-state index is 12.9. The highest BCUT2D eigenvalue weighted by Crippen LogP contribution is 2.31. The van der Waals surface area contributed by atoms with Gasteiger partial charge in [-0.2, -0.15) is 4.98 Å². The molecule has 4 rings (SSSR count). The number of aryl methyl sites for hydroxylation is 1. The zero-order valence-electron chi connectivity index (χ0n) is 16.7. The molecule has 1 atom stereocenters. The topological polar surface area (TPSA) is 100 Å². The van der Waals surface area contributed by atoms with Crippen molar-refractivity contribution in [3.63, 3.8) is 0 Å². The first kappa shape index (κ1) is 20.0. The summed E-state index contributed by atoms with van der Waals surface area (Å²) in [6.07, 6.45) is 0.535.